The lowest BCUT2D eigenvalue weighted by Crippen LogP contribution is -2.69. The van der Waals surface area contributed by atoms with Crippen molar-refractivity contribution in [3.05, 3.63) is 0 Å². The SMILES string of the molecule is CC[C@H](C)C[C@H]1CC[C@](O)(C(C)(C)C(=O)NC2C(=O)N3NCCC[C@@H]3C(=O)N(O)[C@H](C)C(=O)N3NC[C@](C)(O)C[C@@H]3C(=O)C3CC[C@@](C)(O)[C@@H]3C(=O)N(O)[C@@H](C(C)C)C(=O)O[C@@H]2C(C)C)O[C@]1(C)CC. The van der Waals surface area contributed by atoms with Crippen molar-refractivity contribution in [2.24, 2.45) is 40.9 Å². The second-order valence-corrected chi connectivity index (χ2v) is 22.9. The molecule has 0 aromatic heterocycles. The largest absolute Gasteiger partial charge is 0.458 e. The van der Waals surface area contributed by atoms with E-state index in [1.807, 2.05) is 13.8 Å². The molecule has 5 aliphatic rings. The first-order valence-electron chi connectivity index (χ1n) is 25.4. The Bertz CT molecular complexity index is 1980. The van der Waals surface area contributed by atoms with Crippen molar-refractivity contribution in [2.75, 3.05) is 13.1 Å². The summed E-state index contributed by atoms with van der Waals surface area (Å²) in [4.78, 5) is 103. The first kappa shape index (κ1) is 57.1. The summed E-state index contributed by atoms with van der Waals surface area (Å²) < 4.78 is 12.8. The molecule has 0 radical (unpaired) electrons. The summed E-state index contributed by atoms with van der Waals surface area (Å²) >= 11 is 0. The Morgan fingerprint density at radius 3 is 2.04 bits per heavy atom. The van der Waals surface area contributed by atoms with Gasteiger partial charge >= 0.3 is 5.97 Å². The van der Waals surface area contributed by atoms with Crippen molar-refractivity contribution in [2.45, 2.75) is 213 Å². The van der Waals surface area contributed by atoms with Gasteiger partial charge in [0.25, 0.3) is 23.6 Å². The van der Waals surface area contributed by atoms with E-state index in [1.165, 1.54) is 48.5 Å². The van der Waals surface area contributed by atoms with Gasteiger partial charge in [-0.2, -0.15) is 0 Å². The van der Waals surface area contributed by atoms with Crippen LogP contribution in [0.4, 0.5) is 0 Å². The van der Waals surface area contributed by atoms with Crippen LogP contribution in [0.15, 0.2) is 0 Å². The van der Waals surface area contributed by atoms with E-state index in [9.17, 15) is 54.5 Å². The summed E-state index contributed by atoms with van der Waals surface area (Å²) in [6.07, 6.45) is 1.04. The zero-order chi connectivity index (χ0) is 52.8. The molecule has 5 fully saturated rings. The molecule has 398 valence electrons. The van der Waals surface area contributed by atoms with Gasteiger partial charge in [0.2, 0.25) is 5.91 Å². The first-order valence-corrected chi connectivity index (χ1v) is 25.4. The number of β-amino-alcohol motifs (C(OH)–C–C–N with tert-alkyl or cyclic N) is 1. The van der Waals surface area contributed by atoms with Crippen LogP contribution < -0.4 is 16.2 Å². The van der Waals surface area contributed by atoms with Crippen LogP contribution in [0.2, 0.25) is 0 Å². The van der Waals surface area contributed by atoms with Crippen LogP contribution in [0, 0.1) is 40.9 Å². The number of esters is 1. The number of ether oxygens (including phenoxy) is 2. The minimum atomic E-state index is -2.06. The van der Waals surface area contributed by atoms with Gasteiger partial charge in [-0.3, -0.25) is 49.2 Å². The van der Waals surface area contributed by atoms with Gasteiger partial charge in [0.05, 0.1) is 28.1 Å². The first-order chi connectivity index (χ1) is 32.3. The number of hydrogen-bond donors (Lipinski definition) is 8. The molecule has 0 spiro atoms. The molecule has 4 aliphatic heterocycles. The minimum absolute atomic E-state index is 0.0409. The predicted octanol–water partition coefficient (Wildman–Crippen LogP) is 2.35. The van der Waals surface area contributed by atoms with Crippen molar-refractivity contribution in [3.63, 3.8) is 0 Å². The maximum absolute atomic E-state index is 15.3. The molecule has 21 heteroatoms. The van der Waals surface area contributed by atoms with Crippen LogP contribution in [0.25, 0.3) is 0 Å². The van der Waals surface area contributed by atoms with E-state index in [0.29, 0.717) is 25.2 Å². The zero-order valence-corrected chi connectivity index (χ0v) is 43.6. The number of hydrazine groups is 2. The van der Waals surface area contributed by atoms with Crippen molar-refractivity contribution in [1.29, 1.82) is 0 Å². The number of hydrogen-bond acceptors (Lipinski definition) is 16. The number of hydroxylamine groups is 4. The number of rotatable bonds is 9. The average Bonchev–Trinajstić information content (AvgIpc) is 3.62. The van der Waals surface area contributed by atoms with Crippen LogP contribution in [-0.4, -0.2) is 159 Å². The highest BCUT2D eigenvalue weighted by molar-refractivity contribution is 5.98. The molecule has 5 amide bonds. The highest BCUT2D eigenvalue weighted by Gasteiger charge is 2.60. The molecule has 14 atom stereocenters. The lowest BCUT2D eigenvalue weighted by Gasteiger charge is -2.54. The molecule has 0 aromatic rings. The quantitative estimate of drug-likeness (QED) is 0.122. The Balaban J connectivity index is 1.64. The summed E-state index contributed by atoms with van der Waals surface area (Å²) in [5.41, 5.74) is -0.465. The summed E-state index contributed by atoms with van der Waals surface area (Å²) in [5, 5.41) is 63.6. The molecular weight excluding hydrogens is 911 g/mol. The molecule has 0 bridgehead atoms. The number of fused-ring (bicyclic) bond motifs is 3. The molecule has 8 N–H and O–H groups in total. The van der Waals surface area contributed by atoms with E-state index in [0.717, 1.165) is 22.9 Å². The second kappa shape index (κ2) is 21.3. The van der Waals surface area contributed by atoms with Crippen molar-refractivity contribution >= 4 is 41.3 Å². The number of Topliss-reactive ketones (excluding diaryl/α,β-unsaturated/α-hetero) is 1. The second-order valence-electron chi connectivity index (χ2n) is 22.9. The Morgan fingerprint density at radius 2 is 1.46 bits per heavy atom. The third-order valence-electron chi connectivity index (χ3n) is 16.4. The molecule has 4 heterocycles. The Kier molecular flexibility index (Phi) is 17.4. The molecule has 0 aromatic carbocycles. The summed E-state index contributed by atoms with van der Waals surface area (Å²) in [5.74, 6) is -13.5. The molecule has 70 heavy (non-hydrogen) atoms. The van der Waals surface area contributed by atoms with Gasteiger partial charge in [0.1, 0.15) is 30.3 Å². The number of carbonyl (C=O) groups excluding carboxylic acids is 7. The van der Waals surface area contributed by atoms with Gasteiger partial charge in [-0.25, -0.2) is 25.8 Å². The van der Waals surface area contributed by atoms with Crippen molar-refractivity contribution in [1.82, 2.24) is 36.3 Å². The number of nitrogens with one attached hydrogen (secondary N) is 3. The van der Waals surface area contributed by atoms with E-state index in [2.05, 4.69) is 30.0 Å². The highest BCUT2D eigenvalue weighted by atomic mass is 16.6. The minimum Gasteiger partial charge on any atom is -0.458 e. The van der Waals surface area contributed by atoms with Gasteiger partial charge in [0, 0.05) is 31.8 Å². The fraction of sp³-hybridized carbons (Fsp3) is 0.857. The zero-order valence-electron chi connectivity index (χ0n) is 43.6. The number of amides is 5. The standard InChI is InChI=1S/C49H83N7O14/c1-14-28(7)23-30-18-21-49(66,70-48(30,13)15-2)45(9,10)44(63)52-35-38(27(5)6)69-43(62)36(26(3)4)56(68)41(60)34-31(19-20-47(34,12)65)37(57)33-24-46(11,64)25-51-54(33)39(58)29(8)55(67)40(59)32-17-16-22-50-53(32)42(35)61/h26-36,38,50-51,64-68H,14-25H2,1-13H3,(H,52,63)/t28-,29+,30+,31?,32+,33+,34-,35?,36-,38+,46+,47+,48+,49+/m0/s1. The van der Waals surface area contributed by atoms with Gasteiger partial charge < -0.3 is 30.1 Å². The molecule has 5 rings (SSSR count). The Hall–Kier alpha value is -3.83. The lowest BCUT2D eigenvalue weighted by molar-refractivity contribution is -0.340. The van der Waals surface area contributed by atoms with Crippen LogP contribution in [-0.2, 0) is 43.0 Å². The summed E-state index contributed by atoms with van der Waals surface area (Å²) in [7, 11) is 0. The van der Waals surface area contributed by atoms with Gasteiger partial charge in [0.15, 0.2) is 17.6 Å². The molecule has 2 unspecified atom stereocenters. The van der Waals surface area contributed by atoms with Crippen LogP contribution in [0.3, 0.4) is 0 Å². The van der Waals surface area contributed by atoms with E-state index < -0.39 is 129 Å². The van der Waals surface area contributed by atoms with Crippen LogP contribution in [0.1, 0.15) is 154 Å². The van der Waals surface area contributed by atoms with E-state index in [1.54, 1.807) is 13.8 Å². The van der Waals surface area contributed by atoms with Gasteiger partial charge in [-0.05, 0) is 110 Å². The van der Waals surface area contributed by atoms with E-state index >= 15 is 4.79 Å². The van der Waals surface area contributed by atoms with Gasteiger partial charge in [-0.15, -0.1) is 0 Å². The average molecular weight is 994 g/mol. The Labute approximate surface area is 412 Å². The molecule has 21 nitrogen and oxygen atoms in total. The van der Waals surface area contributed by atoms with E-state index in [4.69, 9.17) is 9.47 Å². The number of carbonyl (C=O) groups is 7. The maximum Gasteiger partial charge on any atom is 0.332 e. The number of nitrogens with zero attached hydrogens (tertiary/aromatic N) is 4. The van der Waals surface area contributed by atoms with Crippen LogP contribution >= 0.6 is 0 Å². The number of aliphatic hydroxyl groups is 3. The molecular formula is C49H83N7O14. The third-order valence-corrected chi connectivity index (χ3v) is 16.4. The summed E-state index contributed by atoms with van der Waals surface area (Å²) in [6.45, 7) is 21.2. The van der Waals surface area contributed by atoms with E-state index in [-0.39, 0.29) is 61.2 Å². The molecule has 4 saturated heterocycles. The lowest BCUT2D eigenvalue weighted by atomic mass is 9.69. The number of ketones is 1. The summed E-state index contributed by atoms with van der Waals surface area (Å²) in [6, 6.07) is -8.38. The van der Waals surface area contributed by atoms with Crippen molar-refractivity contribution in [3.8, 4) is 0 Å². The number of cyclic esters (lactones) is 1. The van der Waals surface area contributed by atoms with Gasteiger partial charge in [-0.1, -0.05) is 54.9 Å². The highest BCUT2D eigenvalue weighted by Crippen LogP contribution is 2.50. The Morgan fingerprint density at radius 1 is 0.829 bits per heavy atom. The maximum atomic E-state index is 15.3. The fourth-order valence-corrected chi connectivity index (χ4v) is 11.1. The smallest absolute Gasteiger partial charge is 0.332 e. The normalized spacial score (nSPS) is 38.4. The molecule has 1 saturated carbocycles. The molecule has 1 aliphatic carbocycles. The fourth-order valence-electron chi connectivity index (χ4n) is 11.1. The topological polar surface area (TPSA) is 288 Å². The predicted molar refractivity (Wildman–Crippen MR) is 251 cm³/mol. The van der Waals surface area contributed by atoms with Crippen molar-refractivity contribution < 1.29 is 68.8 Å². The monoisotopic (exact) mass is 994 g/mol. The van der Waals surface area contributed by atoms with Crippen LogP contribution in [0.5, 0.6) is 0 Å². The third kappa shape index (κ3) is 11.1.